The monoisotopic (exact) mass is 446 g/mol. The largest absolute Gasteiger partial charge is 0.495 e. The van der Waals surface area contributed by atoms with Crippen molar-refractivity contribution in [3.63, 3.8) is 0 Å². The predicted molar refractivity (Wildman–Crippen MR) is 132 cm³/mol. The number of anilines is 4. The number of likely N-dealkylation sites (N-methyl/N-ethyl adjacent to an activating group) is 1. The summed E-state index contributed by atoms with van der Waals surface area (Å²) in [5.74, 6) is 1.24. The van der Waals surface area contributed by atoms with E-state index in [1.165, 1.54) is 6.92 Å². The number of rotatable bonds is 7. The van der Waals surface area contributed by atoms with Gasteiger partial charge in [0.2, 0.25) is 11.9 Å². The van der Waals surface area contributed by atoms with E-state index in [4.69, 9.17) is 4.74 Å². The maximum atomic E-state index is 11.2. The van der Waals surface area contributed by atoms with Crippen molar-refractivity contribution in [1.82, 2.24) is 14.9 Å². The zero-order valence-electron chi connectivity index (χ0n) is 19.3. The Morgan fingerprint density at radius 3 is 2.42 bits per heavy atom. The minimum atomic E-state index is -0.0964. The van der Waals surface area contributed by atoms with Crippen LogP contribution in [0, 0.1) is 0 Å². The van der Waals surface area contributed by atoms with Crippen LogP contribution in [0.3, 0.4) is 0 Å². The lowest BCUT2D eigenvalue weighted by molar-refractivity contribution is -0.114. The second kappa shape index (κ2) is 10.3. The van der Waals surface area contributed by atoms with E-state index in [1.807, 2.05) is 42.5 Å². The van der Waals surface area contributed by atoms with Gasteiger partial charge < -0.3 is 25.2 Å². The number of nitrogens with one attached hydrogen (secondary N) is 2. The molecule has 0 unspecified atom stereocenters. The van der Waals surface area contributed by atoms with Crippen molar-refractivity contribution in [2.24, 2.45) is 0 Å². The first kappa shape index (κ1) is 22.5. The Labute approximate surface area is 194 Å². The van der Waals surface area contributed by atoms with Gasteiger partial charge in [0.1, 0.15) is 5.75 Å². The molecule has 2 N–H and O–H groups in total. The summed E-state index contributed by atoms with van der Waals surface area (Å²) in [6.45, 7) is 8.88. The molecule has 8 nitrogen and oxygen atoms in total. The van der Waals surface area contributed by atoms with E-state index in [-0.39, 0.29) is 5.91 Å². The van der Waals surface area contributed by atoms with Crippen molar-refractivity contribution in [1.29, 1.82) is 0 Å². The molecule has 0 radical (unpaired) electrons. The fraction of sp³-hybridized carbons (Fsp3) is 0.320. The molecule has 0 saturated carbocycles. The molecule has 4 rings (SSSR count). The molecule has 8 heteroatoms. The highest BCUT2D eigenvalue weighted by Crippen LogP contribution is 2.33. The summed E-state index contributed by atoms with van der Waals surface area (Å²) in [5.41, 5.74) is 4.45. The number of piperazine rings is 1. The highest BCUT2D eigenvalue weighted by molar-refractivity contribution is 5.88. The first-order valence-electron chi connectivity index (χ1n) is 11.2. The van der Waals surface area contributed by atoms with Crippen LogP contribution in [-0.2, 0) is 4.79 Å². The number of nitrogens with zero attached hydrogens (tertiary/aromatic N) is 4. The van der Waals surface area contributed by atoms with E-state index in [0.717, 1.165) is 66.8 Å². The van der Waals surface area contributed by atoms with Crippen molar-refractivity contribution in [3.05, 3.63) is 54.7 Å². The molecule has 1 aliphatic heterocycles. The lowest BCUT2D eigenvalue weighted by atomic mass is 10.1. The van der Waals surface area contributed by atoms with Crippen LogP contribution in [0.1, 0.15) is 13.8 Å². The zero-order chi connectivity index (χ0) is 23.2. The van der Waals surface area contributed by atoms with E-state index in [2.05, 4.69) is 43.4 Å². The van der Waals surface area contributed by atoms with Crippen molar-refractivity contribution in [3.8, 4) is 17.0 Å². The number of methoxy groups -OCH3 is 1. The number of aromatic nitrogens is 2. The first-order chi connectivity index (χ1) is 16.1. The summed E-state index contributed by atoms with van der Waals surface area (Å²) in [6.07, 6.45) is 1.73. The molecule has 3 aromatic rings. The van der Waals surface area contributed by atoms with E-state index in [1.54, 1.807) is 13.3 Å². The van der Waals surface area contributed by atoms with Gasteiger partial charge in [0.25, 0.3) is 0 Å². The van der Waals surface area contributed by atoms with Crippen molar-refractivity contribution in [2.75, 3.05) is 55.4 Å². The SMILES string of the molecule is CCN1CCN(c2ccc(Nc3nccc(-c4ccc(NC(C)=O)cc4)n3)cc2OC)CC1. The molecule has 1 saturated heterocycles. The third kappa shape index (κ3) is 5.59. The molecular formula is C25H30N6O2. The quantitative estimate of drug-likeness (QED) is 0.568. The van der Waals surface area contributed by atoms with Crippen molar-refractivity contribution in [2.45, 2.75) is 13.8 Å². The van der Waals surface area contributed by atoms with Crippen LogP contribution in [0.25, 0.3) is 11.3 Å². The Morgan fingerprint density at radius 1 is 1.03 bits per heavy atom. The molecule has 2 heterocycles. The Balaban J connectivity index is 1.48. The van der Waals surface area contributed by atoms with E-state index in [9.17, 15) is 4.79 Å². The Morgan fingerprint density at radius 2 is 1.76 bits per heavy atom. The van der Waals surface area contributed by atoms with Gasteiger partial charge in [0, 0.05) is 62.3 Å². The van der Waals surface area contributed by atoms with Gasteiger partial charge in [-0.25, -0.2) is 9.97 Å². The number of amides is 1. The molecule has 0 aliphatic carbocycles. The molecule has 0 spiro atoms. The van der Waals surface area contributed by atoms with Gasteiger partial charge >= 0.3 is 0 Å². The molecule has 172 valence electrons. The molecule has 1 amide bonds. The van der Waals surface area contributed by atoms with Crippen LogP contribution in [0.5, 0.6) is 5.75 Å². The van der Waals surface area contributed by atoms with Gasteiger partial charge in [-0.05, 0) is 36.9 Å². The van der Waals surface area contributed by atoms with Crippen LogP contribution < -0.4 is 20.3 Å². The smallest absolute Gasteiger partial charge is 0.227 e. The van der Waals surface area contributed by atoms with Gasteiger partial charge in [-0.1, -0.05) is 19.1 Å². The van der Waals surface area contributed by atoms with Gasteiger partial charge in [0.05, 0.1) is 18.5 Å². The number of ether oxygens (including phenoxy) is 1. The van der Waals surface area contributed by atoms with Crippen LogP contribution in [0.2, 0.25) is 0 Å². The number of hydrogen-bond donors (Lipinski definition) is 2. The molecule has 2 aromatic carbocycles. The van der Waals surface area contributed by atoms with E-state index in [0.29, 0.717) is 5.95 Å². The fourth-order valence-electron chi connectivity index (χ4n) is 3.96. The average molecular weight is 447 g/mol. The maximum Gasteiger partial charge on any atom is 0.227 e. The maximum absolute atomic E-state index is 11.2. The molecule has 1 aliphatic rings. The topological polar surface area (TPSA) is 82.6 Å². The molecule has 0 bridgehead atoms. The highest BCUT2D eigenvalue weighted by atomic mass is 16.5. The van der Waals surface area contributed by atoms with Crippen LogP contribution >= 0.6 is 0 Å². The molecular weight excluding hydrogens is 416 g/mol. The molecule has 33 heavy (non-hydrogen) atoms. The van der Waals surface area contributed by atoms with Crippen LogP contribution in [-0.4, -0.2) is 60.6 Å². The summed E-state index contributed by atoms with van der Waals surface area (Å²) in [7, 11) is 1.70. The Bertz CT molecular complexity index is 1090. The summed E-state index contributed by atoms with van der Waals surface area (Å²) in [4.78, 5) is 25.1. The number of carbonyl (C=O) groups excluding carboxylic acids is 1. The highest BCUT2D eigenvalue weighted by Gasteiger charge is 2.19. The third-order valence-corrected chi connectivity index (χ3v) is 5.75. The lowest BCUT2D eigenvalue weighted by Crippen LogP contribution is -2.46. The predicted octanol–water partition coefficient (Wildman–Crippen LogP) is 4.00. The Kier molecular flexibility index (Phi) is 7.04. The standard InChI is InChI=1S/C25H30N6O2/c1-4-30-13-15-31(16-14-30)23-10-9-21(17-24(23)33-3)28-25-26-12-11-22(29-25)19-5-7-20(8-6-19)27-18(2)32/h5-12,17H,4,13-16H2,1-3H3,(H,27,32)(H,26,28,29). The van der Waals surface area contributed by atoms with Crippen molar-refractivity contribution >= 4 is 28.9 Å². The number of benzene rings is 2. The number of carbonyl (C=O) groups is 1. The van der Waals surface area contributed by atoms with Gasteiger partial charge in [-0.3, -0.25) is 4.79 Å². The summed E-state index contributed by atoms with van der Waals surface area (Å²) >= 11 is 0. The van der Waals surface area contributed by atoms with E-state index < -0.39 is 0 Å². The number of hydrogen-bond acceptors (Lipinski definition) is 7. The second-order valence-corrected chi connectivity index (χ2v) is 7.96. The summed E-state index contributed by atoms with van der Waals surface area (Å²) < 4.78 is 5.70. The average Bonchev–Trinajstić information content (AvgIpc) is 2.84. The lowest BCUT2D eigenvalue weighted by Gasteiger charge is -2.36. The van der Waals surface area contributed by atoms with Crippen LogP contribution in [0.15, 0.2) is 54.7 Å². The second-order valence-electron chi connectivity index (χ2n) is 7.96. The van der Waals surface area contributed by atoms with Gasteiger partial charge in [-0.15, -0.1) is 0 Å². The fourth-order valence-corrected chi connectivity index (χ4v) is 3.96. The summed E-state index contributed by atoms with van der Waals surface area (Å²) in [6, 6.07) is 15.5. The molecule has 1 fully saturated rings. The molecule has 0 atom stereocenters. The Hall–Kier alpha value is -3.65. The molecule has 1 aromatic heterocycles. The van der Waals surface area contributed by atoms with Crippen LogP contribution in [0.4, 0.5) is 23.0 Å². The summed E-state index contributed by atoms with van der Waals surface area (Å²) in [5, 5.41) is 6.06. The third-order valence-electron chi connectivity index (χ3n) is 5.75. The minimum absolute atomic E-state index is 0.0964. The van der Waals surface area contributed by atoms with Crippen molar-refractivity contribution < 1.29 is 9.53 Å². The first-order valence-corrected chi connectivity index (χ1v) is 11.2. The van der Waals surface area contributed by atoms with Gasteiger partial charge in [0.15, 0.2) is 0 Å². The zero-order valence-corrected chi connectivity index (χ0v) is 19.3. The normalized spacial score (nSPS) is 14.1. The minimum Gasteiger partial charge on any atom is -0.495 e. The van der Waals surface area contributed by atoms with E-state index >= 15 is 0 Å². The van der Waals surface area contributed by atoms with Gasteiger partial charge in [-0.2, -0.15) is 0 Å².